The van der Waals surface area contributed by atoms with E-state index < -0.39 is 30.9 Å². The number of alkyl halides is 2. The highest BCUT2D eigenvalue weighted by Gasteiger charge is 2.05. The normalized spacial score (nSPS) is 10.6. The van der Waals surface area contributed by atoms with Crippen molar-refractivity contribution >= 4 is 17.9 Å². The van der Waals surface area contributed by atoms with Crippen molar-refractivity contribution in [3.05, 3.63) is 12.2 Å². The van der Waals surface area contributed by atoms with Gasteiger partial charge >= 0.3 is 12.0 Å². The summed E-state index contributed by atoms with van der Waals surface area (Å²) in [6.07, 6.45) is -1.36. The molecule has 0 aromatic heterocycles. The van der Waals surface area contributed by atoms with Crippen LogP contribution in [0.2, 0.25) is 0 Å². The maximum atomic E-state index is 11.6. The number of imide groups is 1. The van der Waals surface area contributed by atoms with E-state index in [2.05, 4.69) is 10.1 Å². The molecule has 0 aromatic carbocycles. The second-order valence-corrected chi connectivity index (χ2v) is 2.88. The molecule has 0 bridgehead atoms. The molecule has 3 amide bonds. The van der Waals surface area contributed by atoms with E-state index in [4.69, 9.17) is 5.11 Å². The van der Waals surface area contributed by atoms with E-state index in [1.807, 2.05) is 0 Å². The van der Waals surface area contributed by atoms with Crippen molar-refractivity contribution in [1.29, 1.82) is 0 Å². The lowest BCUT2D eigenvalue weighted by Gasteiger charge is -2.05. The summed E-state index contributed by atoms with van der Waals surface area (Å²) in [6.45, 7) is -0.922. The highest BCUT2D eigenvalue weighted by Crippen LogP contribution is 1.91. The first-order valence-corrected chi connectivity index (χ1v) is 4.77. The maximum absolute atomic E-state index is 11.6. The Morgan fingerprint density at radius 1 is 1.28 bits per heavy atom. The Morgan fingerprint density at radius 3 is 2.50 bits per heavy atom. The standard InChI is InChI=1S/C9H12F2N2O5/c10-6(11)5-18-4-3-12-9(17)13-7(14)1-2-8(15)16/h1-2,6H,3-5H2,(H,15,16)(H2,12,13,14,17)/b2-1+. The summed E-state index contributed by atoms with van der Waals surface area (Å²) in [5.41, 5.74) is 0. The van der Waals surface area contributed by atoms with Gasteiger partial charge in [-0.15, -0.1) is 0 Å². The third-order valence-corrected chi connectivity index (χ3v) is 1.39. The molecular formula is C9H12F2N2O5. The summed E-state index contributed by atoms with van der Waals surface area (Å²) in [6, 6.07) is -0.879. The first-order valence-electron chi connectivity index (χ1n) is 4.77. The number of carbonyl (C=O) groups excluding carboxylic acids is 2. The molecule has 7 nitrogen and oxygen atoms in total. The molecule has 0 saturated heterocycles. The van der Waals surface area contributed by atoms with Crippen LogP contribution in [0.15, 0.2) is 12.2 Å². The molecule has 0 aliphatic heterocycles. The average molecular weight is 266 g/mol. The summed E-state index contributed by atoms with van der Waals surface area (Å²) >= 11 is 0. The summed E-state index contributed by atoms with van der Waals surface area (Å²) in [4.78, 5) is 31.9. The Hall–Kier alpha value is -2.03. The van der Waals surface area contributed by atoms with Crippen molar-refractivity contribution in [2.75, 3.05) is 19.8 Å². The quantitative estimate of drug-likeness (QED) is 0.435. The van der Waals surface area contributed by atoms with Crippen molar-refractivity contribution in [2.24, 2.45) is 0 Å². The zero-order valence-electron chi connectivity index (χ0n) is 9.19. The Labute approximate surface area is 101 Å². The SMILES string of the molecule is O=C(O)/C=C/C(=O)NC(=O)NCCOCC(F)F. The minimum absolute atomic E-state index is 0.0610. The summed E-state index contributed by atoms with van der Waals surface area (Å²) in [5, 5.41) is 12.1. The van der Waals surface area contributed by atoms with Crippen molar-refractivity contribution in [3.63, 3.8) is 0 Å². The fourth-order valence-corrected chi connectivity index (χ4v) is 0.754. The Balaban J connectivity index is 3.65. The number of rotatable bonds is 7. The van der Waals surface area contributed by atoms with Gasteiger partial charge in [-0.1, -0.05) is 0 Å². The van der Waals surface area contributed by atoms with Gasteiger partial charge in [-0.25, -0.2) is 18.4 Å². The molecule has 0 aliphatic carbocycles. The van der Waals surface area contributed by atoms with Gasteiger partial charge in [0.15, 0.2) is 0 Å². The van der Waals surface area contributed by atoms with Gasteiger partial charge < -0.3 is 15.2 Å². The number of hydrogen-bond donors (Lipinski definition) is 3. The molecule has 3 N–H and O–H groups in total. The minimum atomic E-state index is -2.58. The van der Waals surface area contributed by atoms with Crippen molar-refractivity contribution < 1.29 is 33.0 Å². The molecule has 0 heterocycles. The second kappa shape index (κ2) is 9.05. The van der Waals surface area contributed by atoms with E-state index in [0.29, 0.717) is 12.2 Å². The minimum Gasteiger partial charge on any atom is -0.478 e. The highest BCUT2D eigenvalue weighted by atomic mass is 19.3. The van der Waals surface area contributed by atoms with Crippen LogP contribution in [0.1, 0.15) is 0 Å². The summed E-state index contributed by atoms with van der Waals surface area (Å²) in [5.74, 6) is -2.24. The number of halogens is 2. The number of carbonyl (C=O) groups is 3. The molecule has 0 spiro atoms. The van der Waals surface area contributed by atoms with Gasteiger partial charge in [0.25, 0.3) is 12.3 Å². The topological polar surface area (TPSA) is 105 Å². The van der Waals surface area contributed by atoms with Crippen LogP contribution < -0.4 is 10.6 Å². The molecule has 0 saturated carbocycles. The lowest BCUT2D eigenvalue weighted by molar-refractivity contribution is -0.131. The van der Waals surface area contributed by atoms with E-state index in [9.17, 15) is 23.2 Å². The average Bonchev–Trinajstić information content (AvgIpc) is 2.25. The molecule has 9 heteroatoms. The van der Waals surface area contributed by atoms with Crippen LogP contribution >= 0.6 is 0 Å². The third-order valence-electron chi connectivity index (χ3n) is 1.39. The van der Waals surface area contributed by atoms with Gasteiger partial charge in [0, 0.05) is 18.7 Å². The first kappa shape index (κ1) is 16.0. The number of urea groups is 1. The largest absolute Gasteiger partial charge is 0.478 e. The van der Waals surface area contributed by atoms with Crippen LogP contribution in [0.25, 0.3) is 0 Å². The molecule has 0 aromatic rings. The van der Waals surface area contributed by atoms with E-state index in [1.54, 1.807) is 5.32 Å². The molecule has 0 atom stereocenters. The number of aliphatic carboxylic acids is 1. The van der Waals surface area contributed by atoms with Crippen molar-refractivity contribution in [3.8, 4) is 0 Å². The highest BCUT2D eigenvalue weighted by molar-refractivity contribution is 6.02. The number of amides is 3. The van der Waals surface area contributed by atoms with Gasteiger partial charge in [-0.05, 0) is 0 Å². The number of carboxylic acids is 1. The van der Waals surface area contributed by atoms with Gasteiger partial charge in [0.05, 0.1) is 6.61 Å². The van der Waals surface area contributed by atoms with E-state index in [-0.39, 0.29) is 13.2 Å². The summed E-state index contributed by atoms with van der Waals surface area (Å²) in [7, 11) is 0. The smallest absolute Gasteiger partial charge is 0.328 e. The van der Waals surface area contributed by atoms with Gasteiger partial charge in [-0.2, -0.15) is 0 Å². The Morgan fingerprint density at radius 2 is 1.94 bits per heavy atom. The Bertz CT molecular complexity index is 333. The number of ether oxygens (including phenoxy) is 1. The third kappa shape index (κ3) is 10.5. The molecule has 0 aliphatic rings. The predicted octanol–water partition coefficient (Wildman–Crippen LogP) is -0.265. The zero-order valence-corrected chi connectivity index (χ0v) is 9.19. The maximum Gasteiger partial charge on any atom is 0.328 e. The Kier molecular flexibility index (Phi) is 8.03. The van der Waals surface area contributed by atoms with Gasteiger partial charge in [-0.3, -0.25) is 10.1 Å². The molecule has 0 rings (SSSR count). The molecular weight excluding hydrogens is 254 g/mol. The van der Waals surface area contributed by atoms with Crippen LogP contribution in [-0.4, -0.2) is 49.2 Å². The van der Waals surface area contributed by atoms with Crippen LogP contribution in [0.4, 0.5) is 13.6 Å². The van der Waals surface area contributed by atoms with Crippen molar-refractivity contribution in [1.82, 2.24) is 10.6 Å². The first-order chi connectivity index (χ1) is 8.41. The van der Waals surface area contributed by atoms with Crippen LogP contribution in [0.3, 0.4) is 0 Å². The second-order valence-electron chi connectivity index (χ2n) is 2.88. The monoisotopic (exact) mass is 266 g/mol. The van der Waals surface area contributed by atoms with E-state index in [0.717, 1.165) is 0 Å². The van der Waals surface area contributed by atoms with Gasteiger partial charge in [0.1, 0.15) is 6.61 Å². The molecule has 0 radical (unpaired) electrons. The number of carboxylic acid groups (broad SMARTS) is 1. The number of hydrogen-bond acceptors (Lipinski definition) is 4. The van der Waals surface area contributed by atoms with Crippen LogP contribution in [0.5, 0.6) is 0 Å². The molecule has 18 heavy (non-hydrogen) atoms. The van der Waals surface area contributed by atoms with E-state index in [1.165, 1.54) is 0 Å². The molecule has 0 fully saturated rings. The number of nitrogens with one attached hydrogen (secondary N) is 2. The fraction of sp³-hybridized carbons (Fsp3) is 0.444. The van der Waals surface area contributed by atoms with Crippen molar-refractivity contribution in [2.45, 2.75) is 6.43 Å². The fourth-order valence-electron chi connectivity index (χ4n) is 0.754. The lowest BCUT2D eigenvalue weighted by Crippen LogP contribution is -2.40. The predicted molar refractivity (Wildman–Crippen MR) is 55.1 cm³/mol. The molecule has 102 valence electrons. The zero-order chi connectivity index (χ0) is 14.0. The van der Waals surface area contributed by atoms with Crippen LogP contribution in [-0.2, 0) is 14.3 Å². The van der Waals surface area contributed by atoms with E-state index >= 15 is 0 Å². The van der Waals surface area contributed by atoms with Crippen LogP contribution in [0, 0.1) is 0 Å². The lowest BCUT2D eigenvalue weighted by atomic mass is 10.5. The van der Waals surface area contributed by atoms with Gasteiger partial charge in [0.2, 0.25) is 0 Å². The molecule has 0 unspecified atom stereocenters. The summed E-state index contributed by atoms with van der Waals surface area (Å²) < 4.78 is 27.7.